The van der Waals surface area contributed by atoms with Crippen molar-refractivity contribution in [1.29, 1.82) is 0 Å². The first-order valence-electron chi connectivity index (χ1n) is 6.06. The first-order chi connectivity index (χ1) is 10.0. The normalized spacial score (nSPS) is 10.9. The molecule has 3 rings (SSSR count). The standard InChI is InChI=1S/C13H10ClN5O2/c14-10-7-18(17-13(10)19(20)21)6-9-5-8-3-1-2-4-11(8)16-12(9)15/h1-5,7H,6H2,(H2,15,16). The lowest BCUT2D eigenvalue weighted by atomic mass is 10.1. The predicted octanol–water partition coefficient (Wildman–Crippen LogP) is 2.62. The minimum atomic E-state index is -0.624. The van der Waals surface area contributed by atoms with E-state index in [-0.39, 0.29) is 17.4 Å². The van der Waals surface area contributed by atoms with Crippen LogP contribution in [0.1, 0.15) is 5.56 Å². The van der Waals surface area contributed by atoms with Crippen molar-refractivity contribution in [2.24, 2.45) is 0 Å². The molecule has 1 aromatic carbocycles. The van der Waals surface area contributed by atoms with Crippen LogP contribution in [-0.4, -0.2) is 19.7 Å². The molecule has 0 aliphatic rings. The van der Waals surface area contributed by atoms with Gasteiger partial charge in [0.1, 0.15) is 5.82 Å². The van der Waals surface area contributed by atoms with Gasteiger partial charge >= 0.3 is 5.82 Å². The number of halogens is 1. The molecule has 8 heteroatoms. The number of nitrogens with zero attached hydrogens (tertiary/aromatic N) is 4. The number of nitro groups is 1. The Bertz CT molecular complexity index is 846. The Labute approximate surface area is 124 Å². The fourth-order valence-corrected chi connectivity index (χ4v) is 2.29. The first-order valence-corrected chi connectivity index (χ1v) is 6.44. The molecule has 0 atom stereocenters. The summed E-state index contributed by atoms with van der Waals surface area (Å²) in [5.74, 6) is -0.00744. The molecule has 2 heterocycles. The van der Waals surface area contributed by atoms with Gasteiger partial charge in [0.2, 0.25) is 0 Å². The number of nitrogen functional groups attached to an aromatic ring is 1. The van der Waals surface area contributed by atoms with E-state index >= 15 is 0 Å². The number of hydrogen-bond acceptors (Lipinski definition) is 5. The van der Waals surface area contributed by atoms with E-state index in [0.29, 0.717) is 5.82 Å². The molecule has 0 saturated carbocycles. The Kier molecular flexibility index (Phi) is 3.19. The summed E-state index contributed by atoms with van der Waals surface area (Å²) in [6, 6.07) is 9.46. The van der Waals surface area contributed by atoms with Gasteiger partial charge in [-0.05, 0) is 17.1 Å². The van der Waals surface area contributed by atoms with Crippen LogP contribution in [0.25, 0.3) is 10.9 Å². The Morgan fingerprint density at radius 3 is 2.86 bits per heavy atom. The minimum Gasteiger partial charge on any atom is -0.383 e. The lowest BCUT2D eigenvalue weighted by Crippen LogP contribution is -2.05. The maximum atomic E-state index is 10.7. The molecule has 3 aromatic rings. The third-order valence-electron chi connectivity index (χ3n) is 3.04. The number of benzene rings is 1. The number of aromatic nitrogens is 3. The second-order valence-corrected chi connectivity index (χ2v) is 4.89. The van der Waals surface area contributed by atoms with Crippen molar-refractivity contribution in [3.8, 4) is 0 Å². The van der Waals surface area contributed by atoms with E-state index in [4.69, 9.17) is 17.3 Å². The second kappa shape index (κ2) is 5.02. The Morgan fingerprint density at radius 2 is 2.14 bits per heavy atom. The second-order valence-electron chi connectivity index (χ2n) is 4.48. The van der Waals surface area contributed by atoms with Gasteiger partial charge < -0.3 is 15.8 Å². The fraction of sp³-hybridized carbons (Fsp3) is 0.0769. The molecule has 21 heavy (non-hydrogen) atoms. The number of hydrogen-bond donors (Lipinski definition) is 1. The SMILES string of the molecule is Nc1nc2ccccc2cc1Cn1cc(Cl)c([N+](=O)[O-])n1. The number of rotatable bonds is 3. The van der Waals surface area contributed by atoms with E-state index < -0.39 is 4.92 Å². The summed E-state index contributed by atoms with van der Waals surface area (Å²) < 4.78 is 1.38. The highest BCUT2D eigenvalue weighted by molar-refractivity contribution is 6.32. The van der Waals surface area contributed by atoms with Crippen LogP contribution in [0.15, 0.2) is 36.5 Å². The van der Waals surface area contributed by atoms with Gasteiger partial charge in [-0.2, -0.15) is 4.68 Å². The van der Waals surface area contributed by atoms with Crippen LogP contribution in [0.5, 0.6) is 0 Å². The third kappa shape index (κ3) is 2.50. The highest BCUT2D eigenvalue weighted by Crippen LogP contribution is 2.23. The highest BCUT2D eigenvalue weighted by Gasteiger charge is 2.19. The van der Waals surface area contributed by atoms with Gasteiger partial charge in [0, 0.05) is 10.9 Å². The molecule has 2 aromatic heterocycles. The van der Waals surface area contributed by atoms with E-state index in [1.807, 2.05) is 30.3 Å². The summed E-state index contributed by atoms with van der Waals surface area (Å²) in [5, 5.41) is 15.5. The van der Waals surface area contributed by atoms with E-state index in [1.165, 1.54) is 10.9 Å². The zero-order chi connectivity index (χ0) is 15.0. The van der Waals surface area contributed by atoms with Crippen molar-refractivity contribution in [3.05, 3.63) is 57.2 Å². The molecule has 0 spiro atoms. The zero-order valence-corrected chi connectivity index (χ0v) is 11.5. The van der Waals surface area contributed by atoms with Crippen molar-refractivity contribution in [2.75, 3.05) is 5.73 Å². The van der Waals surface area contributed by atoms with Crippen LogP contribution in [0.4, 0.5) is 11.6 Å². The summed E-state index contributed by atoms with van der Waals surface area (Å²) in [6.07, 6.45) is 1.40. The molecule has 0 saturated heterocycles. The quantitative estimate of drug-likeness (QED) is 0.592. The molecule has 0 unspecified atom stereocenters. The summed E-state index contributed by atoms with van der Waals surface area (Å²) in [7, 11) is 0. The van der Waals surface area contributed by atoms with Crippen molar-refractivity contribution in [3.63, 3.8) is 0 Å². The maximum Gasteiger partial charge on any atom is 0.408 e. The monoisotopic (exact) mass is 303 g/mol. The van der Waals surface area contributed by atoms with Gasteiger partial charge in [-0.25, -0.2) is 4.98 Å². The van der Waals surface area contributed by atoms with Crippen LogP contribution in [0.3, 0.4) is 0 Å². The van der Waals surface area contributed by atoms with Gasteiger partial charge in [-0.15, -0.1) is 0 Å². The molecule has 0 radical (unpaired) electrons. The van der Waals surface area contributed by atoms with Crippen molar-refractivity contribution in [1.82, 2.24) is 14.8 Å². The van der Waals surface area contributed by atoms with E-state index in [9.17, 15) is 10.1 Å². The maximum absolute atomic E-state index is 10.7. The molecule has 7 nitrogen and oxygen atoms in total. The molecule has 106 valence electrons. The van der Waals surface area contributed by atoms with Crippen LogP contribution in [0.2, 0.25) is 5.02 Å². The minimum absolute atomic E-state index is 0.00711. The smallest absolute Gasteiger partial charge is 0.383 e. The van der Waals surface area contributed by atoms with E-state index in [1.54, 1.807) is 0 Å². The first kappa shape index (κ1) is 13.3. The van der Waals surface area contributed by atoms with Gasteiger partial charge in [0.25, 0.3) is 0 Å². The predicted molar refractivity (Wildman–Crippen MR) is 79.1 cm³/mol. The van der Waals surface area contributed by atoms with Crippen LogP contribution < -0.4 is 5.73 Å². The Balaban J connectivity index is 1.99. The third-order valence-corrected chi connectivity index (χ3v) is 3.31. The van der Waals surface area contributed by atoms with Crippen LogP contribution >= 0.6 is 11.6 Å². The van der Waals surface area contributed by atoms with E-state index in [2.05, 4.69) is 10.1 Å². The van der Waals surface area contributed by atoms with Crippen LogP contribution in [0, 0.1) is 10.1 Å². The molecular formula is C13H10ClN5O2. The summed E-state index contributed by atoms with van der Waals surface area (Å²) >= 11 is 5.77. The lowest BCUT2D eigenvalue weighted by Gasteiger charge is -2.05. The lowest BCUT2D eigenvalue weighted by molar-refractivity contribution is -0.389. The summed E-state index contributed by atoms with van der Waals surface area (Å²) in [5.41, 5.74) is 7.44. The van der Waals surface area contributed by atoms with Crippen molar-refractivity contribution >= 4 is 34.1 Å². The summed E-state index contributed by atoms with van der Waals surface area (Å²) in [6.45, 7) is 0.261. The largest absolute Gasteiger partial charge is 0.408 e. The highest BCUT2D eigenvalue weighted by atomic mass is 35.5. The zero-order valence-electron chi connectivity index (χ0n) is 10.7. The topological polar surface area (TPSA) is 99.9 Å². The Hall–Kier alpha value is -2.67. The van der Waals surface area contributed by atoms with Crippen LogP contribution in [-0.2, 0) is 6.54 Å². The molecular weight excluding hydrogens is 294 g/mol. The summed E-state index contributed by atoms with van der Waals surface area (Å²) in [4.78, 5) is 14.4. The number of anilines is 1. The average Bonchev–Trinajstić information content (AvgIpc) is 2.81. The van der Waals surface area contributed by atoms with Crippen molar-refractivity contribution < 1.29 is 4.92 Å². The number of nitrogens with two attached hydrogens (primary N) is 1. The van der Waals surface area contributed by atoms with Gasteiger partial charge in [0.15, 0.2) is 5.02 Å². The van der Waals surface area contributed by atoms with Gasteiger partial charge in [-0.3, -0.25) is 0 Å². The van der Waals surface area contributed by atoms with Gasteiger partial charge in [0.05, 0.1) is 23.4 Å². The van der Waals surface area contributed by atoms with Crippen molar-refractivity contribution in [2.45, 2.75) is 6.54 Å². The molecule has 0 aliphatic carbocycles. The molecule has 2 N–H and O–H groups in total. The molecule has 0 bridgehead atoms. The molecule has 0 aliphatic heterocycles. The Morgan fingerprint density at radius 1 is 1.38 bits per heavy atom. The number of fused-ring (bicyclic) bond motifs is 1. The number of pyridine rings is 1. The molecule has 0 fully saturated rings. The van der Waals surface area contributed by atoms with Gasteiger partial charge in [-0.1, -0.05) is 29.8 Å². The van der Waals surface area contributed by atoms with E-state index in [0.717, 1.165) is 16.5 Å². The number of para-hydroxylation sites is 1. The fourth-order valence-electron chi connectivity index (χ4n) is 2.07. The molecule has 0 amide bonds. The average molecular weight is 304 g/mol.